The van der Waals surface area contributed by atoms with E-state index in [0.717, 1.165) is 0 Å². The van der Waals surface area contributed by atoms with Crippen molar-refractivity contribution in [3.8, 4) is 0 Å². The van der Waals surface area contributed by atoms with Gasteiger partial charge in [0, 0.05) is 0 Å². The van der Waals surface area contributed by atoms with Crippen LogP contribution < -0.4 is 6.15 Å². The second-order valence-electron chi connectivity index (χ2n) is 0.513. The first-order chi connectivity index (χ1) is 2.00. The molecule has 6 N–H and O–H groups in total. The van der Waals surface area contributed by atoms with Gasteiger partial charge in [-0.2, -0.15) is 0 Å². The predicted molar refractivity (Wildman–Crippen MR) is 54.6 cm³/mol. The molecule has 0 aromatic carbocycles. The van der Waals surface area contributed by atoms with Crippen molar-refractivity contribution in [2.45, 2.75) is 0 Å². The Morgan fingerprint density at radius 3 is 1.00 bits per heavy atom. The minimum Gasteiger partial charge on any atom is -1.00 e. The van der Waals surface area contributed by atoms with E-state index in [-0.39, 0.29) is 94.8 Å². The summed E-state index contributed by atoms with van der Waals surface area (Å²) in [5.41, 5.74) is 0. The fourth-order valence-corrected chi connectivity index (χ4v) is 0. The minimum atomic E-state index is -4.64. The fraction of sp³-hybridized carbons (Fsp3) is 0. The zero-order valence-corrected chi connectivity index (χ0v) is 10.2. The summed E-state index contributed by atoms with van der Waals surface area (Å²) < 4.78 is 8.88. The van der Waals surface area contributed by atoms with Gasteiger partial charge in [0.25, 0.3) is 0 Å². The normalized spacial score (nSPS) is 5.90. The van der Waals surface area contributed by atoms with Crippen molar-refractivity contribution in [2.75, 3.05) is 0 Å². The van der Waals surface area contributed by atoms with Gasteiger partial charge in [0.2, 0.25) is 0 Å². The van der Waals surface area contributed by atoms with Crippen LogP contribution in [-0.4, -0.2) is 94.8 Å². The number of phosphoric acid groups is 1. The zero-order valence-electron chi connectivity index (χ0n) is 11.0. The van der Waals surface area contributed by atoms with E-state index in [1.807, 2.05) is 0 Å². The summed E-state index contributed by atoms with van der Waals surface area (Å²) in [6, 6.07) is 0. The molecule has 0 aliphatic heterocycles. The first-order valence-corrected chi connectivity index (χ1v) is 2.35. The van der Waals surface area contributed by atoms with Crippen molar-refractivity contribution in [3.63, 3.8) is 0 Å². The van der Waals surface area contributed by atoms with E-state index in [9.17, 15) is 0 Å². The third-order valence-electron chi connectivity index (χ3n) is 0. The topological polar surface area (TPSA) is 113 Å². The Hall–Kier alpha value is 2.59. The molecule has 0 amide bonds. The average Bonchev–Trinajstić information content (AvgIpc) is 0.722. The van der Waals surface area contributed by atoms with Gasteiger partial charge in [-0.3, -0.25) is 0 Å². The molecule has 10 heavy (non-hydrogen) atoms. The molecule has 0 heterocycles. The molecule has 0 aliphatic rings. The van der Waals surface area contributed by atoms with Gasteiger partial charge in [0.05, 0.1) is 0 Å². The number of rotatable bonds is 0. The molecule has 5 nitrogen and oxygen atoms in total. The van der Waals surface area contributed by atoms with Crippen LogP contribution in [0.25, 0.3) is 0 Å². The molecule has 0 saturated carbocycles. The third-order valence-corrected chi connectivity index (χ3v) is 0. The Bertz CT molecular complexity index is 81.9. The van der Waals surface area contributed by atoms with E-state index >= 15 is 0 Å². The standard InChI is InChI=1S/3Mg.H3N.H3O4P.H4Si.6H/c;;;;1-5(2,3)4;;;;;;;/h;;;1H3;(H3,1,2,3,4);1H4;;;;;;/q3*+2;;;;6*-1. The van der Waals surface area contributed by atoms with E-state index in [2.05, 4.69) is 0 Å². The summed E-state index contributed by atoms with van der Waals surface area (Å²) >= 11 is 0. The summed E-state index contributed by atoms with van der Waals surface area (Å²) in [6.45, 7) is 0. The van der Waals surface area contributed by atoms with Gasteiger partial charge < -0.3 is 29.4 Å². The summed E-state index contributed by atoms with van der Waals surface area (Å²) in [4.78, 5) is 21.6. The van der Waals surface area contributed by atoms with E-state index < -0.39 is 7.82 Å². The molecular weight excluding hydrogens is 210 g/mol. The molecule has 10 heteroatoms. The maximum Gasteiger partial charge on any atom is 2.00 e. The Morgan fingerprint density at radius 2 is 1.00 bits per heavy atom. The maximum absolute atomic E-state index is 8.88. The Morgan fingerprint density at radius 1 is 1.00 bits per heavy atom. The summed E-state index contributed by atoms with van der Waals surface area (Å²) in [6.07, 6.45) is 0. The molecule has 0 fully saturated rings. The van der Waals surface area contributed by atoms with Crippen LogP contribution >= 0.6 is 7.82 Å². The van der Waals surface area contributed by atoms with Gasteiger partial charge in [-0.25, -0.2) is 4.57 Å². The molecule has 0 aromatic rings. The Kier molecular flexibility index (Phi) is 68.6. The van der Waals surface area contributed by atoms with Crippen LogP contribution in [-0.2, 0) is 4.57 Å². The molecule has 0 unspecified atom stereocenters. The van der Waals surface area contributed by atoms with Crippen LogP contribution in [0, 0.1) is 0 Å². The zero-order chi connectivity index (χ0) is 4.50. The number of hydrogen-bond acceptors (Lipinski definition) is 2. The smallest absolute Gasteiger partial charge is 1.00 e. The van der Waals surface area contributed by atoms with Crippen LogP contribution in [0.3, 0.4) is 0 Å². The molecule has 0 atom stereocenters. The van der Waals surface area contributed by atoms with E-state index in [0.29, 0.717) is 0 Å². The Balaban J connectivity index is -0.00000000145. The summed E-state index contributed by atoms with van der Waals surface area (Å²) in [7, 11) is -4.64. The van der Waals surface area contributed by atoms with Crippen molar-refractivity contribution in [3.05, 3.63) is 0 Å². The molecule has 0 aliphatic carbocycles. The van der Waals surface area contributed by atoms with Crippen molar-refractivity contribution in [2.24, 2.45) is 0 Å². The quantitative estimate of drug-likeness (QED) is 0.265. The molecule has 0 radical (unpaired) electrons. The maximum atomic E-state index is 8.88. The minimum absolute atomic E-state index is 0. The number of hydrogen-bond donors (Lipinski definition) is 4. The van der Waals surface area contributed by atoms with Gasteiger partial charge in [-0.15, -0.1) is 0 Å². The van der Waals surface area contributed by atoms with E-state index in [4.69, 9.17) is 19.2 Å². The van der Waals surface area contributed by atoms with Crippen LogP contribution in [0.4, 0.5) is 0 Å². The van der Waals surface area contributed by atoms with Crippen LogP contribution in [0.2, 0.25) is 0 Å². The van der Waals surface area contributed by atoms with Crippen LogP contribution in [0.5, 0.6) is 0 Å². The SMILES string of the molecule is N.O=P(O)(O)O.[H-].[H-].[H-].[H-].[H-].[H-].[Mg+2].[Mg+2].[Mg+2].[SiH4]. The summed E-state index contributed by atoms with van der Waals surface area (Å²) in [5.74, 6) is 0. The van der Waals surface area contributed by atoms with Gasteiger partial charge >= 0.3 is 77.0 Å². The van der Waals surface area contributed by atoms with Crippen molar-refractivity contribution >= 4 is 87.9 Å². The molecule has 0 rings (SSSR count). The third kappa shape index (κ3) is 145. The molecule has 0 bridgehead atoms. The molecule has 0 spiro atoms. The molecule has 0 aromatic heterocycles. The van der Waals surface area contributed by atoms with Gasteiger partial charge in [0.15, 0.2) is 0 Å². The van der Waals surface area contributed by atoms with Gasteiger partial charge in [-0.05, 0) is 11.0 Å². The first-order valence-electron chi connectivity index (χ1n) is 0.783. The molecular formula is H16Mg3NO4PSi. The Labute approximate surface area is 121 Å². The fourth-order valence-electron chi connectivity index (χ4n) is 0. The first kappa shape index (κ1) is 39.0. The monoisotopic (exact) mass is 225 g/mol. The molecule has 0 saturated heterocycles. The van der Waals surface area contributed by atoms with E-state index in [1.54, 1.807) is 0 Å². The second-order valence-corrected chi connectivity index (χ2v) is 1.54. The van der Waals surface area contributed by atoms with Gasteiger partial charge in [0.1, 0.15) is 0 Å². The molecule has 60 valence electrons. The largest absolute Gasteiger partial charge is 2.00 e. The van der Waals surface area contributed by atoms with Gasteiger partial charge in [-0.1, -0.05) is 0 Å². The van der Waals surface area contributed by atoms with Crippen LogP contribution in [0.1, 0.15) is 8.56 Å². The van der Waals surface area contributed by atoms with E-state index in [1.165, 1.54) is 0 Å². The summed E-state index contributed by atoms with van der Waals surface area (Å²) in [5, 5.41) is 0. The van der Waals surface area contributed by atoms with Crippen LogP contribution in [0.15, 0.2) is 0 Å². The van der Waals surface area contributed by atoms with Crippen molar-refractivity contribution in [1.82, 2.24) is 6.15 Å². The average molecular weight is 226 g/mol. The predicted octanol–water partition coefficient (Wildman–Crippen LogP) is -2.69. The second kappa shape index (κ2) is 17.6. The van der Waals surface area contributed by atoms with Crippen molar-refractivity contribution in [1.29, 1.82) is 0 Å². The van der Waals surface area contributed by atoms with Crippen molar-refractivity contribution < 1.29 is 27.8 Å².